The predicted octanol–water partition coefficient (Wildman–Crippen LogP) is 1.53. The van der Waals surface area contributed by atoms with Crippen LogP contribution in [0.2, 0.25) is 9.88 Å². The van der Waals surface area contributed by atoms with Gasteiger partial charge in [-0.05, 0) is 0 Å². The molecule has 13 heteroatoms. The molecule has 5 nitrogen and oxygen atoms in total. The third kappa shape index (κ3) is 46.4. The van der Waals surface area contributed by atoms with Crippen molar-refractivity contribution in [1.29, 1.82) is 0 Å². The molecule has 5 N–H and O–H groups in total. The minimum absolute atomic E-state index is 0.230. The van der Waals surface area contributed by atoms with Gasteiger partial charge < -0.3 is 26.6 Å². The zero-order chi connectivity index (χ0) is 19.8. The molecular formula is C12H29Cl2CuN5S4Sn+2. The minimum atomic E-state index is 0.230. The summed E-state index contributed by atoms with van der Waals surface area (Å²) in [7, 11) is 9.34. The molecule has 0 aromatic carbocycles. The van der Waals surface area contributed by atoms with Crippen LogP contribution in [0.1, 0.15) is 0 Å². The topological polar surface area (TPSA) is 60.1 Å². The van der Waals surface area contributed by atoms with Gasteiger partial charge in [-0.1, -0.05) is 24.4 Å². The van der Waals surface area contributed by atoms with Crippen LogP contribution in [0.4, 0.5) is 0 Å². The molecule has 0 saturated carbocycles. The van der Waals surface area contributed by atoms with Crippen molar-refractivity contribution < 1.29 is 13.1 Å². The van der Waals surface area contributed by atoms with Gasteiger partial charge in [0.15, 0.2) is 0 Å². The van der Waals surface area contributed by atoms with Gasteiger partial charge in [0.2, 0.25) is 0 Å². The van der Waals surface area contributed by atoms with E-state index in [4.69, 9.17) is 24.4 Å². The normalized spacial score (nSPS) is 9.04. The van der Waals surface area contributed by atoms with Gasteiger partial charge in [0.05, 0.1) is 0 Å². The molecule has 0 rings (SSSR count). The third-order valence-electron chi connectivity index (χ3n) is 2.11. The van der Waals surface area contributed by atoms with Crippen LogP contribution in [0.25, 0.3) is 0 Å². The van der Waals surface area contributed by atoms with E-state index in [1.165, 1.54) is 0 Å². The van der Waals surface area contributed by atoms with Crippen LogP contribution in [0.15, 0.2) is 0 Å². The average Bonchev–Trinajstić information content (AvgIpc) is 2.53. The maximum absolute atomic E-state index is 4.78. The quantitative estimate of drug-likeness (QED) is 0.0770. The Morgan fingerprint density at radius 1 is 0.760 bits per heavy atom. The fraction of sp³-hybridized carbons (Fsp3) is 0.833. The molecule has 0 radical (unpaired) electrons. The van der Waals surface area contributed by atoms with E-state index < -0.39 is 0 Å². The van der Waals surface area contributed by atoms with Gasteiger partial charge in [0.1, 0.15) is 8.64 Å². The maximum atomic E-state index is 4.78. The van der Waals surface area contributed by atoms with Crippen LogP contribution in [0, 0.1) is 0 Å². The number of nitrogens with one attached hydrogen (secondary N) is 5. The first-order valence-corrected chi connectivity index (χ1v) is 17.4. The molecule has 153 valence electrons. The van der Waals surface area contributed by atoms with Gasteiger partial charge in [0, 0.05) is 52.4 Å². The summed E-state index contributed by atoms with van der Waals surface area (Å²) in [6.07, 6.45) is 0. The molecule has 0 heterocycles. The third-order valence-corrected chi connectivity index (χ3v) is 2.72. The molecule has 25 heavy (non-hydrogen) atoms. The average molecular weight is 625 g/mol. The number of hydrogen-bond donors (Lipinski definition) is 7. The van der Waals surface area contributed by atoms with Crippen LogP contribution < -0.4 is 26.6 Å². The number of thiocarbonyl (C=S) groups is 2. The summed E-state index contributed by atoms with van der Waals surface area (Å²) in [6.45, 7) is 7.17. The number of halogens is 2. The molecule has 0 amide bonds. The van der Waals surface area contributed by atoms with Crippen molar-refractivity contribution in [2.45, 2.75) is 9.88 Å². The van der Waals surface area contributed by atoms with E-state index in [-0.39, 0.29) is 21.1 Å². The van der Waals surface area contributed by atoms with E-state index in [9.17, 15) is 0 Å². The molecular weight excluding hydrogens is 596 g/mol. The summed E-state index contributed by atoms with van der Waals surface area (Å²) in [5, 5.41) is 15.9. The van der Waals surface area contributed by atoms with Gasteiger partial charge in [0.25, 0.3) is 0 Å². The Morgan fingerprint density at radius 2 is 0.960 bits per heavy atom. The van der Waals surface area contributed by atoms with Crippen molar-refractivity contribution in [1.82, 2.24) is 26.6 Å². The van der Waals surface area contributed by atoms with Crippen LogP contribution in [-0.4, -0.2) is 82.1 Å². The Balaban J connectivity index is -0.000000700. The molecule has 0 unspecified atom stereocenters. The van der Waals surface area contributed by atoms with E-state index in [0.717, 1.165) is 65.5 Å². The van der Waals surface area contributed by atoms with Crippen LogP contribution in [0.5, 0.6) is 0 Å². The first-order chi connectivity index (χ1) is 12.0. The Kier molecular flexibility index (Phi) is 39.6. The second kappa shape index (κ2) is 31.0. The van der Waals surface area contributed by atoms with Crippen molar-refractivity contribution in [3.8, 4) is 0 Å². The second-order valence-corrected chi connectivity index (χ2v) is 11.0. The van der Waals surface area contributed by atoms with Gasteiger partial charge in [-0.15, -0.1) is 25.3 Å². The van der Waals surface area contributed by atoms with Gasteiger partial charge in [-0.25, -0.2) is 0 Å². The Morgan fingerprint density at radius 3 is 1.16 bits per heavy atom. The zero-order valence-electron chi connectivity index (χ0n) is 14.4. The Hall–Kier alpha value is 2.26. The number of thiol groups is 2. The van der Waals surface area contributed by atoms with Gasteiger partial charge >= 0.3 is 64.4 Å². The van der Waals surface area contributed by atoms with Crippen LogP contribution in [0.3, 0.4) is 0 Å². The van der Waals surface area contributed by atoms with Crippen molar-refractivity contribution in [2.24, 2.45) is 0 Å². The number of hydrogen-bond acceptors (Lipinski definition) is 5. The fourth-order valence-corrected chi connectivity index (χ4v) is 1.67. The molecule has 0 aliphatic heterocycles. The van der Waals surface area contributed by atoms with E-state index in [0.29, 0.717) is 8.64 Å². The van der Waals surface area contributed by atoms with E-state index in [1.54, 1.807) is 0 Å². The van der Waals surface area contributed by atoms with Gasteiger partial charge in [-0.2, -0.15) is 0 Å². The van der Waals surface area contributed by atoms with Crippen molar-refractivity contribution >= 4 is 99.7 Å². The number of rotatable bonds is 12. The fourth-order valence-electron chi connectivity index (χ4n) is 1.24. The van der Waals surface area contributed by atoms with E-state index in [1.807, 2.05) is 0 Å². The summed E-state index contributed by atoms with van der Waals surface area (Å²) in [5.41, 5.74) is 0. The summed E-state index contributed by atoms with van der Waals surface area (Å²) >= 11 is 18.5. The molecule has 0 saturated heterocycles. The molecule has 0 bridgehead atoms. The SMILES string of the molecule is S=C(S)NCCNCCNCCNCCNC(=S)S.[CH3][Sn+2][CH3].[Cl][Cu][Cl]. The van der Waals surface area contributed by atoms with Crippen LogP contribution in [-0.2, 0) is 13.1 Å². The standard InChI is InChI=1S/C10H23N5S4.2CH3.2ClH.Cu.Sn/c16-9(17)14-7-5-12-3-1-11-2-4-13-6-8-15-10(18)19;;;;;;/h11-13H,1-8H2,(H2,14,16,17)(H2,15,18,19);2*1H3;2*1H;;/q;;;;;2*+2/p-2. The molecule has 0 aliphatic carbocycles. The molecule has 0 aliphatic rings. The van der Waals surface area contributed by atoms with E-state index >= 15 is 0 Å². The Bertz CT molecular complexity index is 274. The van der Waals surface area contributed by atoms with Crippen LogP contribution >= 0.6 is 69.9 Å². The predicted molar refractivity (Wildman–Crippen MR) is 127 cm³/mol. The molecule has 0 spiro atoms. The molecule has 0 atom stereocenters. The zero-order valence-corrected chi connectivity index (χ0v) is 23.2. The molecule has 0 aromatic rings. The summed E-state index contributed by atoms with van der Waals surface area (Å²) < 4.78 is 1.08. The molecule has 0 aromatic heterocycles. The summed E-state index contributed by atoms with van der Waals surface area (Å²) in [4.78, 5) is 4.59. The Labute approximate surface area is 199 Å². The van der Waals surface area contributed by atoms with Crippen molar-refractivity contribution in [3.63, 3.8) is 0 Å². The first-order valence-electron chi connectivity index (χ1n) is 7.41. The van der Waals surface area contributed by atoms with Crippen molar-refractivity contribution in [2.75, 3.05) is 52.4 Å². The molecule has 0 fully saturated rings. The van der Waals surface area contributed by atoms with Crippen molar-refractivity contribution in [3.05, 3.63) is 0 Å². The summed E-state index contributed by atoms with van der Waals surface area (Å²) in [5.74, 6) is 0. The summed E-state index contributed by atoms with van der Waals surface area (Å²) in [6, 6.07) is 0. The first kappa shape index (κ1) is 31.9. The second-order valence-electron chi connectivity index (χ2n) is 4.26. The van der Waals surface area contributed by atoms with Gasteiger partial charge in [-0.3, -0.25) is 0 Å². The van der Waals surface area contributed by atoms with E-state index in [2.05, 4.69) is 81.9 Å². The monoisotopic (exact) mass is 624 g/mol.